The molecule has 0 radical (unpaired) electrons. The number of hydrogen-bond acceptors (Lipinski definition) is 7. The largest absolute Gasteiger partial charge is 0.368 e. The molecule has 7 heteroatoms. The van der Waals surface area contributed by atoms with Gasteiger partial charge >= 0.3 is 0 Å². The number of anilines is 3. The van der Waals surface area contributed by atoms with Gasteiger partial charge in [0.05, 0.1) is 5.69 Å². The molecule has 0 amide bonds. The minimum Gasteiger partial charge on any atom is -0.368 e. The highest BCUT2D eigenvalue weighted by Crippen LogP contribution is 2.36. The molecule has 2 aromatic rings. The Balaban J connectivity index is 1.46. The summed E-state index contributed by atoms with van der Waals surface area (Å²) in [7, 11) is 0. The van der Waals surface area contributed by atoms with Crippen LogP contribution in [0.2, 0.25) is 0 Å². The summed E-state index contributed by atoms with van der Waals surface area (Å²) in [5.41, 5.74) is 15.4. The third-order valence-corrected chi connectivity index (χ3v) is 5.28. The van der Waals surface area contributed by atoms with Crippen LogP contribution < -0.4 is 21.3 Å². The van der Waals surface area contributed by atoms with Crippen LogP contribution in [0.25, 0.3) is 0 Å². The van der Waals surface area contributed by atoms with Gasteiger partial charge in [-0.1, -0.05) is 0 Å². The molecule has 2 aliphatic rings. The molecular formula is C18H25N7. The topological polar surface area (TPSA) is 97.2 Å². The van der Waals surface area contributed by atoms with Crippen LogP contribution in [0.3, 0.4) is 0 Å². The van der Waals surface area contributed by atoms with Crippen molar-refractivity contribution in [1.82, 2.24) is 15.0 Å². The summed E-state index contributed by atoms with van der Waals surface area (Å²) in [6, 6.07) is 4.49. The Morgan fingerprint density at radius 1 is 1.08 bits per heavy atom. The predicted molar refractivity (Wildman–Crippen MR) is 99.8 cm³/mol. The van der Waals surface area contributed by atoms with E-state index >= 15 is 0 Å². The fraction of sp³-hybridized carbons (Fsp3) is 0.500. The van der Waals surface area contributed by atoms with E-state index in [1.807, 2.05) is 12.4 Å². The summed E-state index contributed by atoms with van der Waals surface area (Å²) in [6.45, 7) is 5.86. The molecule has 0 spiro atoms. The van der Waals surface area contributed by atoms with Gasteiger partial charge in [0.1, 0.15) is 5.82 Å². The van der Waals surface area contributed by atoms with Gasteiger partial charge in [-0.25, -0.2) is 4.98 Å². The predicted octanol–water partition coefficient (Wildman–Crippen LogP) is 1.29. The zero-order chi connectivity index (χ0) is 17.4. The molecule has 3 heterocycles. The molecule has 1 aliphatic heterocycles. The van der Waals surface area contributed by atoms with Gasteiger partial charge in [0.2, 0.25) is 5.95 Å². The van der Waals surface area contributed by atoms with Gasteiger partial charge in [0, 0.05) is 62.3 Å². The van der Waals surface area contributed by atoms with Crippen molar-refractivity contribution >= 4 is 17.5 Å². The van der Waals surface area contributed by atoms with Crippen molar-refractivity contribution in [3.05, 3.63) is 35.8 Å². The second kappa shape index (κ2) is 6.48. The minimum absolute atomic E-state index is 0.303. The molecule has 2 aromatic heterocycles. The van der Waals surface area contributed by atoms with Crippen LogP contribution in [0.4, 0.5) is 17.5 Å². The van der Waals surface area contributed by atoms with E-state index in [9.17, 15) is 0 Å². The normalized spacial score (nSPS) is 23.4. The average Bonchev–Trinajstić information content (AvgIpc) is 2.59. The highest BCUT2D eigenvalue weighted by molar-refractivity contribution is 5.54. The lowest BCUT2D eigenvalue weighted by atomic mass is 9.78. The fourth-order valence-electron chi connectivity index (χ4n) is 3.74. The summed E-state index contributed by atoms with van der Waals surface area (Å²) >= 11 is 0. The van der Waals surface area contributed by atoms with Crippen molar-refractivity contribution in [3.63, 3.8) is 0 Å². The van der Waals surface area contributed by atoms with Gasteiger partial charge in [-0.15, -0.1) is 0 Å². The Kier molecular flexibility index (Phi) is 4.17. The van der Waals surface area contributed by atoms with Crippen molar-refractivity contribution in [2.75, 3.05) is 41.7 Å². The lowest BCUT2D eigenvalue weighted by molar-refractivity contribution is 0.345. The van der Waals surface area contributed by atoms with E-state index in [0.29, 0.717) is 17.9 Å². The van der Waals surface area contributed by atoms with Crippen LogP contribution in [0.5, 0.6) is 0 Å². The van der Waals surface area contributed by atoms with E-state index in [1.165, 1.54) is 11.3 Å². The van der Waals surface area contributed by atoms with Crippen LogP contribution in [-0.2, 0) is 0 Å². The number of piperazine rings is 1. The third kappa shape index (κ3) is 3.24. The first-order valence-electron chi connectivity index (χ1n) is 8.90. The first-order valence-corrected chi connectivity index (χ1v) is 8.90. The average molecular weight is 339 g/mol. The van der Waals surface area contributed by atoms with Crippen LogP contribution in [0, 0.1) is 6.92 Å². The van der Waals surface area contributed by atoms with Crippen molar-refractivity contribution in [3.8, 4) is 0 Å². The monoisotopic (exact) mass is 339 g/mol. The van der Waals surface area contributed by atoms with Gasteiger partial charge in [-0.3, -0.25) is 4.98 Å². The van der Waals surface area contributed by atoms with Crippen LogP contribution in [0.15, 0.2) is 24.5 Å². The number of nitrogens with two attached hydrogens (primary N) is 2. The van der Waals surface area contributed by atoms with Gasteiger partial charge < -0.3 is 21.3 Å². The zero-order valence-corrected chi connectivity index (χ0v) is 14.6. The quantitative estimate of drug-likeness (QED) is 0.869. The highest BCUT2D eigenvalue weighted by Gasteiger charge is 2.30. The van der Waals surface area contributed by atoms with Gasteiger partial charge in [-0.05, 0) is 31.4 Å². The van der Waals surface area contributed by atoms with Crippen molar-refractivity contribution in [2.24, 2.45) is 5.73 Å². The lowest BCUT2D eigenvalue weighted by Crippen LogP contribution is -2.47. The van der Waals surface area contributed by atoms with E-state index in [0.717, 1.165) is 50.5 Å². The molecule has 1 aliphatic carbocycles. The second-order valence-electron chi connectivity index (χ2n) is 7.07. The fourth-order valence-corrected chi connectivity index (χ4v) is 3.74. The number of aryl methyl sites for hydroxylation is 1. The first kappa shape index (κ1) is 16.1. The van der Waals surface area contributed by atoms with E-state index in [-0.39, 0.29) is 0 Å². The van der Waals surface area contributed by atoms with E-state index in [4.69, 9.17) is 11.5 Å². The Morgan fingerprint density at radius 2 is 1.80 bits per heavy atom. The summed E-state index contributed by atoms with van der Waals surface area (Å²) in [6.07, 6.45) is 5.76. The SMILES string of the molecule is Cc1cnccc1N1CCN(c2cc(C3CC(N)C3)nc(N)n2)CC1. The summed E-state index contributed by atoms with van der Waals surface area (Å²) < 4.78 is 0. The van der Waals surface area contributed by atoms with E-state index in [2.05, 4.69) is 43.8 Å². The number of aromatic nitrogens is 3. The molecule has 7 nitrogen and oxygen atoms in total. The maximum Gasteiger partial charge on any atom is 0.222 e. The molecule has 0 unspecified atom stereocenters. The number of pyridine rings is 1. The summed E-state index contributed by atoms with van der Waals surface area (Å²) in [5.74, 6) is 1.73. The number of hydrogen-bond donors (Lipinski definition) is 2. The first-order chi connectivity index (χ1) is 12.1. The van der Waals surface area contributed by atoms with Crippen molar-refractivity contribution < 1.29 is 0 Å². The minimum atomic E-state index is 0.303. The Bertz CT molecular complexity index is 749. The summed E-state index contributed by atoms with van der Waals surface area (Å²) in [4.78, 5) is 17.8. The molecule has 0 bridgehead atoms. The standard InChI is InChI=1S/C18H25N7/c1-12-11-21-3-2-16(12)24-4-6-25(7-5-24)17-10-15(22-18(20)23-17)13-8-14(19)9-13/h2-3,10-11,13-14H,4-9,19H2,1H3,(H2,20,22,23). The maximum absolute atomic E-state index is 5.96. The van der Waals surface area contributed by atoms with E-state index < -0.39 is 0 Å². The molecule has 132 valence electrons. The molecule has 1 saturated carbocycles. The third-order valence-electron chi connectivity index (χ3n) is 5.28. The number of nitrogen functional groups attached to an aromatic ring is 1. The number of nitrogens with zero attached hydrogens (tertiary/aromatic N) is 5. The molecule has 25 heavy (non-hydrogen) atoms. The Hall–Kier alpha value is -2.41. The van der Waals surface area contributed by atoms with Crippen LogP contribution in [0.1, 0.15) is 30.0 Å². The molecule has 1 saturated heterocycles. The molecule has 0 atom stereocenters. The van der Waals surface area contributed by atoms with Crippen LogP contribution in [-0.4, -0.2) is 47.2 Å². The molecular weight excluding hydrogens is 314 g/mol. The van der Waals surface area contributed by atoms with Gasteiger partial charge in [0.25, 0.3) is 0 Å². The van der Waals surface area contributed by atoms with Gasteiger partial charge in [0.15, 0.2) is 0 Å². The summed E-state index contributed by atoms with van der Waals surface area (Å²) in [5, 5.41) is 0. The second-order valence-corrected chi connectivity index (χ2v) is 7.07. The zero-order valence-electron chi connectivity index (χ0n) is 14.6. The lowest BCUT2D eigenvalue weighted by Gasteiger charge is -2.38. The van der Waals surface area contributed by atoms with E-state index in [1.54, 1.807) is 0 Å². The Morgan fingerprint density at radius 3 is 2.48 bits per heavy atom. The maximum atomic E-state index is 5.96. The highest BCUT2D eigenvalue weighted by atomic mass is 15.3. The van der Waals surface area contributed by atoms with Gasteiger partial charge in [-0.2, -0.15) is 4.98 Å². The smallest absolute Gasteiger partial charge is 0.222 e. The molecule has 4 rings (SSSR count). The molecule has 2 fully saturated rings. The Labute approximate surface area is 148 Å². The van der Waals surface area contributed by atoms with Crippen molar-refractivity contribution in [2.45, 2.75) is 31.7 Å². The van der Waals surface area contributed by atoms with Crippen molar-refractivity contribution in [1.29, 1.82) is 0 Å². The number of rotatable bonds is 3. The molecule has 4 N–H and O–H groups in total. The van der Waals surface area contributed by atoms with Crippen LogP contribution >= 0.6 is 0 Å². The molecule has 0 aromatic carbocycles.